The van der Waals surface area contributed by atoms with Gasteiger partial charge in [0.25, 0.3) is 0 Å². The van der Waals surface area contributed by atoms with E-state index in [1.165, 1.54) is 32.1 Å². The van der Waals surface area contributed by atoms with E-state index < -0.39 is 0 Å². The van der Waals surface area contributed by atoms with Crippen LogP contribution in [-0.2, 0) is 0 Å². The lowest BCUT2D eigenvalue weighted by molar-refractivity contribution is 0.101. The van der Waals surface area contributed by atoms with Gasteiger partial charge in [-0.3, -0.25) is 4.79 Å². The van der Waals surface area contributed by atoms with Gasteiger partial charge in [0, 0.05) is 11.6 Å². The second-order valence-electron chi connectivity index (χ2n) is 5.27. The molecule has 0 heterocycles. The number of benzene rings is 1. The fourth-order valence-electron chi connectivity index (χ4n) is 2.54. The second-order valence-corrected chi connectivity index (χ2v) is 5.27. The van der Waals surface area contributed by atoms with E-state index in [2.05, 4.69) is 0 Å². The normalized spacial score (nSPS) is 16.1. The first-order valence-corrected chi connectivity index (χ1v) is 7.02. The average molecular weight is 262 g/mol. The van der Waals surface area contributed by atoms with Crippen LogP contribution in [-0.4, -0.2) is 19.5 Å². The van der Waals surface area contributed by atoms with Crippen molar-refractivity contribution in [2.75, 3.05) is 13.7 Å². The van der Waals surface area contributed by atoms with Crippen LogP contribution in [0.5, 0.6) is 11.5 Å². The second kappa shape index (κ2) is 6.60. The van der Waals surface area contributed by atoms with Gasteiger partial charge in [0.2, 0.25) is 0 Å². The van der Waals surface area contributed by atoms with Crippen LogP contribution in [0.15, 0.2) is 18.2 Å². The molecule has 0 bridgehead atoms. The standard InChI is InChI=1S/C16H22O3/c1-12(17)14-8-15(18-2)10-16(9-14)19-11-13-6-4-3-5-7-13/h8-10,13H,3-7,11H2,1-2H3. The minimum absolute atomic E-state index is 0.0291. The van der Waals surface area contributed by atoms with Gasteiger partial charge < -0.3 is 9.47 Å². The van der Waals surface area contributed by atoms with Crippen LogP contribution in [0.1, 0.15) is 49.4 Å². The van der Waals surface area contributed by atoms with E-state index in [0.29, 0.717) is 17.2 Å². The minimum Gasteiger partial charge on any atom is -0.497 e. The lowest BCUT2D eigenvalue weighted by atomic mass is 9.90. The summed E-state index contributed by atoms with van der Waals surface area (Å²) in [4.78, 5) is 11.5. The van der Waals surface area contributed by atoms with E-state index in [-0.39, 0.29) is 5.78 Å². The summed E-state index contributed by atoms with van der Waals surface area (Å²) in [6.07, 6.45) is 6.48. The molecule has 104 valence electrons. The molecule has 1 aliphatic carbocycles. The molecule has 0 unspecified atom stereocenters. The summed E-state index contributed by atoms with van der Waals surface area (Å²) < 4.78 is 11.1. The maximum atomic E-state index is 11.5. The molecule has 0 atom stereocenters. The number of carbonyl (C=O) groups excluding carboxylic acids is 1. The molecule has 3 heteroatoms. The van der Waals surface area contributed by atoms with E-state index in [0.717, 1.165) is 12.4 Å². The maximum Gasteiger partial charge on any atom is 0.160 e. The van der Waals surface area contributed by atoms with Crippen LogP contribution in [0.3, 0.4) is 0 Å². The quantitative estimate of drug-likeness (QED) is 0.756. The predicted molar refractivity (Wildman–Crippen MR) is 75.1 cm³/mol. The number of hydrogen-bond donors (Lipinski definition) is 0. The van der Waals surface area contributed by atoms with E-state index in [9.17, 15) is 4.79 Å². The summed E-state index contributed by atoms with van der Waals surface area (Å²) in [5.41, 5.74) is 0.637. The molecule has 3 nitrogen and oxygen atoms in total. The first-order valence-electron chi connectivity index (χ1n) is 7.02. The van der Waals surface area contributed by atoms with Crippen molar-refractivity contribution in [2.24, 2.45) is 5.92 Å². The number of ketones is 1. The van der Waals surface area contributed by atoms with Gasteiger partial charge in [0.1, 0.15) is 11.5 Å². The molecule has 0 aromatic heterocycles. The zero-order valence-corrected chi connectivity index (χ0v) is 11.8. The van der Waals surface area contributed by atoms with Crippen LogP contribution in [0.4, 0.5) is 0 Å². The molecule has 0 radical (unpaired) electrons. The van der Waals surface area contributed by atoms with Gasteiger partial charge in [0.05, 0.1) is 13.7 Å². The number of hydrogen-bond acceptors (Lipinski definition) is 3. The van der Waals surface area contributed by atoms with Gasteiger partial charge in [-0.25, -0.2) is 0 Å². The fraction of sp³-hybridized carbons (Fsp3) is 0.562. The summed E-state index contributed by atoms with van der Waals surface area (Å²) >= 11 is 0. The molecule has 1 saturated carbocycles. The number of rotatable bonds is 5. The Bertz CT molecular complexity index is 434. The maximum absolute atomic E-state index is 11.5. The SMILES string of the molecule is COc1cc(OCC2CCCCC2)cc(C(C)=O)c1. The van der Waals surface area contributed by atoms with Crippen molar-refractivity contribution < 1.29 is 14.3 Å². The van der Waals surface area contributed by atoms with Crippen LogP contribution in [0.25, 0.3) is 0 Å². The Labute approximate surface area is 114 Å². The minimum atomic E-state index is 0.0291. The van der Waals surface area contributed by atoms with Crippen molar-refractivity contribution in [3.05, 3.63) is 23.8 Å². The molecule has 2 rings (SSSR count). The third-order valence-electron chi connectivity index (χ3n) is 3.73. The van der Waals surface area contributed by atoms with Crippen LogP contribution >= 0.6 is 0 Å². The topological polar surface area (TPSA) is 35.5 Å². The molecule has 1 aliphatic rings. The van der Waals surface area contributed by atoms with Gasteiger partial charge >= 0.3 is 0 Å². The Morgan fingerprint density at radius 1 is 1.16 bits per heavy atom. The third kappa shape index (κ3) is 3.98. The van der Waals surface area contributed by atoms with Gasteiger partial charge in [-0.05, 0) is 37.8 Å². The molecule has 0 N–H and O–H groups in total. The van der Waals surface area contributed by atoms with Gasteiger partial charge in [-0.1, -0.05) is 19.3 Å². The zero-order chi connectivity index (χ0) is 13.7. The van der Waals surface area contributed by atoms with Gasteiger partial charge in [-0.15, -0.1) is 0 Å². The van der Waals surface area contributed by atoms with Crippen molar-refractivity contribution in [1.29, 1.82) is 0 Å². The van der Waals surface area contributed by atoms with E-state index in [4.69, 9.17) is 9.47 Å². The molecule has 0 saturated heterocycles. The number of methoxy groups -OCH3 is 1. The van der Waals surface area contributed by atoms with Crippen molar-refractivity contribution in [1.82, 2.24) is 0 Å². The van der Waals surface area contributed by atoms with Crippen molar-refractivity contribution in [3.63, 3.8) is 0 Å². The van der Waals surface area contributed by atoms with Crippen molar-refractivity contribution in [2.45, 2.75) is 39.0 Å². The molecule has 1 aromatic carbocycles. The Hall–Kier alpha value is -1.51. The Morgan fingerprint density at radius 3 is 2.47 bits per heavy atom. The molecule has 19 heavy (non-hydrogen) atoms. The number of Topliss-reactive ketones (excluding diaryl/α,β-unsaturated/α-hetero) is 1. The first kappa shape index (κ1) is 13.9. The largest absolute Gasteiger partial charge is 0.497 e. The first-order chi connectivity index (χ1) is 9.19. The van der Waals surface area contributed by atoms with E-state index in [1.54, 1.807) is 26.2 Å². The van der Waals surface area contributed by atoms with Gasteiger partial charge in [0.15, 0.2) is 5.78 Å². The summed E-state index contributed by atoms with van der Waals surface area (Å²) in [6.45, 7) is 2.30. The highest BCUT2D eigenvalue weighted by atomic mass is 16.5. The molecular weight excluding hydrogens is 240 g/mol. The molecule has 0 spiro atoms. The third-order valence-corrected chi connectivity index (χ3v) is 3.73. The highest BCUT2D eigenvalue weighted by Crippen LogP contribution is 2.27. The Morgan fingerprint density at radius 2 is 1.84 bits per heavy atom. The molecular formula is C16H22O3. The fourth-order valence-corrected chi connectivity index (χ4v) is 2.54. The smallest absolute Gasteiger partial charge is 0.160 e. The lowest BCUT2D eigenvalue weighted by Crippen LogP contribution is -2.15. The summed E-state index contributed by atoms with van der Waals surface area (Å²) in [5.74, 6) is 2.09. The Balaban J connectivity index is 2.02. The molecule has 1 fully saturated rings. The van der Waals surface area contributed by atoms with Crippen LogP contribution in [0.2, 0.25) is 0 Å². The summed E-state index contributed by atoms with van der Waals surface area (Å²) in [6, 6.07) is 5.39. The number of ether oxygens (including phenoxy) is 2. The van der Waals surface area contributed by atoms with Crippen molar-refractivity contribution in [3.8, 4) is 11.5 Å². The van der Waals surface area contributed by atoms with Crippen molar-refractivity contribution >= 4 is 5.78 Å². The molecule has 1 aromatic rings. The predicted octanol–water partition coefficient (Wildman–Crippen LogP) is 3.86. The van der Waals surface area contributed by atoms with Crippen LogP contribution in [0, 0.1) is 5.92 Å². The Kier molecular flexibility index (Phi) is 4.83. The van der Waals surface area contributed by atoms with E-state index >= 15 is 0 Å². The lowest BCUT2D eigenvalue weighted by Gasteiger charge is -2.21. The number of carbonyl (C=O) groups is 1. The highest BCUT2D eigenvalue weighted by Gasteiger charge is 2.14. The summed E-state index contributed by atoms with van der Waals surface area (Å²) in [5, 5.41) is 0. The van der Waals surface area contributed by atoms with Gasteiger partial charge in [-0.2, -0.15) is 0 Å². The summed E-state index contributed by atoms with van der Waals surface area (Å²) in [7, 11) is 1.60. The average Bonchev–Trinajstić information content (AvgIpc) is 2.45. The van der Waals surface area contributed by atoms with E-state index in [1.807, 2.05) is 6.07 Å². The highest BCUT2D eigenvalue weighted by molar-refractivity contribution is 5.94. The zero-order valence-electron chi connectivity index (χ0n) is 11.8. The molecule has 0 amide bonds. The van der Waals surface area contributed by atoms with Crippen LogP contribution < -0.4 is 9.47 Å². The molecule has 0 aliphatic heterocycles. The monoisotopic (exact) mass is 262 g/mol.